The second-order valence-corrected chi connectivity index (χ2v) is 9.74. The molecule has 0 bridgehead atoms. The number of pyridine rings is 2. The lowest BCUT2D eigenvalue weighted by Crippen LogP contribution is -2.15. The van der Waals surface area contributed by atoms with E-state index in [1.54, 1.807) is 12.3 Å². The SMILES string of the molecule is CCS(=O)(=O)c1c(NCc2ncc(C(F)(F)F)cc2C(=O)O)nn2cc(C3CC3)ccc12. The van der Waals surface area contributed by atoms with E-state index in [0.717, 1.165) is 18.4 Å². The molecule has 1 fully saturated rings. The molecule has 0 aromatic carbocycles. The van der Waals surface area contributed by atoms with Crippen LogP contribution in [0.25, 0.3) is 5.52 Å². The summed E-state index contributed by atoms with van der Waals surface area (Å²) in [4.78, 5) is 15.1. The summed E-state index contributed by atoms with van der Waals surface area (Å²) in [5.74, 6) is -1.36. The normalized spacial score (nSPS) is 14.6. The maximum Gasteiger partial charge on any atom is 0.417 e. The molecule has 4 rings (SSSR count). The van der Waals surface area contributed by atoms with Gasteiger partial charge in [0.25, 0.3) is 0 Å². The number of hydrogen-bond acceptors (Lipinski definition) is 6. The molecular formula is C20H19F3N4O4S. The van der Waals surface area contributed by atoms with Gasteiger partial charge in [-0.15, -0.1) is 5.10 Å². The van der Waals surface area contributed by atoms with E-state index in [-0.39, 0.29) is 28.7 Å². The summed E-state index contributed by atoms with van der Waals surface area (Å²) in [6.45, 7) is 1.16. The second kappa shape index (κ2) is 7.76. The lowest BCUT2D eigenvalue weighted by Gasteiger charge is -2.11. The Morgan fingerprint density at radius 2 is 2.03 bits per heavy atom. The largest absolute Gasteiger partial charge is 0.478 e. The molecule has 32 heavy (non-hydrogen) atoms. The van der Waals surface area contributed by atoms with Crippen molar-refractivity contribution in [2.45, 2.75) is 43.3 Å². The summed E-state index contributed by atoms with van der Waals surface area (Å²) in [6.07, 6.45) is -0.345. The minimum absolute atomic E-state index is 0.0159. The lowest BCUT2D eigenvalue weighted by atomic mass is 10.1. The van der Waals surface area contributed by atoms with E-state index in [2.05, 4.69) is 15.4 Å². The number of alkyl halides is 3. The number of carboxylic acid groups (broad SMARTS) is 1. The summed E-state index contributed by atoms with van der Waals surface area (Å²) in [5.41, 5.74) is -0.608. The molecule has 3 aromatic heterocycles. The van der Waals surface area contributed by atoms with Gasteiger partial charge in [0.1, 0.15) is 4.90 Å². The van der Waals surface area contributed by atoms with E-state index in [1.807, 2.05) is 6.07 Å². The number of hydrogen-bond donors (Lipinski definition) is 2. The van der Waals surface area contributed by atoms with Crippen LogP contribution >= 0.6 is 0 Å². The van der Waals surface area contributed by atoms with Crippen LogP contribution in [0.5, 0.6) is 0 Å². The van der Waals surface area contributed by atoms with Gasteiger partial charge in [-0.1, -0.05) is 13.0 Å². The number of anilines is 1. The first-order valence-corrected chi connectivity index (χ1v) is 11.4. The Kier molecular flexibility index (Phi) is 5.35. The average molecular weight is 468 g/mol. The van der Waals surface area contributed by atoms with Gasteiger partial charge in [-0.05, 0) is 36.5 Å². The number of halogens is 3. The number of carbonyl (C=O) groups is 1. The Hall–Kier alpha value is -3.15. The third kappa shape index (κ3) is 4.14. The van der Waals surface area contributed by atoms with E-state index in [9.17, 15) is 31.5 Å². The fourth-order valence-electron chi connectivity index (χ4n) is 3.41. The number of aromatic nitrogens is 3. The number of rotatable bonds is 7. The minimum atomic E-state index is -4.74. The Balaban J connectivity index is 1.73. The van der Waals surface area contributed by atoms with Crippen LogP contribution in [0.15, 0.2) is 35.5 Å². The molecule has 0 radical (unpaired) electrons. The zero-order chi connectivity index (χ0) is 23.3. The standard InChI is InChI=1S/C20H19F3N4O4S/c1-2-32(30,31)17-16-6-5-12(11-3-4-11)10-27(16)26-18(17)25-9-15-14(19(28)29)7-13(8-24-15)20(21,22)23/h5-8,10-11H,2-4,9H2,1H3,(H,25,26)(H,28,29). The molecule has 0 aliphatic heterocycles. The molecule has 1 aliphatic rings. The Bertz CT molecular complexity index is 1310. The van der Waals surface area contributed by atoms with Gasteiger partial charge < -0.3 is 10.4 Å². The summed E-state index contributed by atoms with van der Waals surface area (Å²) in [5, 5.41) is 16.4. The Labute approximate surface area is 181 Å². The first kappa shape index (κ1) is 22.1. The van der Waals surface area contributed by atoms with Crippen LogP contribution in [0.1, 0.15) is 52.9 Å². The molecule has 0 saturated heterocycles. The van der Waals surface area contributed by atoms with Crippen LogP contribution in [0.2, 0.25) is 0 Å². The topological polar surface area (TPSA) is 114 Å². The van der Waals surface area contributed by atoms with Crippen molar-refractivity contribution in [3.63, 3.8) is 0 Å². The first-order chi connectivity index (χ1) is 15.0. The first-order valence-electron chi connectivity index (χ1n) is 9.79. The summed E-state index contributed by atoms with van der Waals surface area (Å²) >= 11 is 0. The minimum Gasteiger partial charge on any atom is -0.478 e. The molecule has 2 N–H and O–H groups in total. The maximum atomic E-state index is 12.9. The summed E-state index contributed by atoms with van der Waals surface area (Å²) in [6, 6.07) is 4.03. The van der Waals surface area contributed by atoms with Crippen LogP contribution in [-0.2, 0) is 22.6 Å². The van der Waals surface area contributed by atoms with Crippen LogP contribution < -0.4 is 5.32 Å². The Morgan fingerprint density at radius 3 is 2.62 bits per heavy atom. The third-order valence-corrected chi connectivity index (χ3v) is 7.08. The highest BCUT2D eigenvalue weighted by atomic mass is 32.2. The molecule has 12 heteroatoms. The predicted molar refractivity (Wildman–Crippen MR) is 108 cm³/mol. The van der Waals surface area contributed by atoms with Gasteiger partial charge in [0.05, 0.1) is 34.6 Å². The molecule has 0 unspecified atom stereocenters. The molecule has 1 aliphatic carbocycles. The smallest absolute Gasteiger partial charge is 0.417 e. The quantitative estimate of drug-likeness (QED) is 0.543. The number of fused-ring (bicyclic) bond motifs is 1. The zero-order valence-corrected chi connectivity index (χ0v) is 17.7. The van der Waals surface area contributed by atoms with Crippen molar-refractivity contribution in [2.24, 2.45) is 0 Å². The van der Waals surface area contributed by atoms with Gasteiger partial charge in [-0.3, -0.25) is 4.98 Å². The van der Waals surface area contributed by atoms with Crippen molar-refractivity contribution < 1.29 is 31.5 Å². The van der Waals surface area contributed by atoms with Gasteiger partial charge >= 0.3 is 12.1 Å². The maximum absolute atomic E-state index is 12.9. The number of nitrogens with one attached hydrogen (secondary N) is 1. The highest BCUT2D eigenvalue weighted by molar-refractivity contribution is 7.91. The number of carboxylic acids is 1. The van der Waals surface area contributed by atoms with Crippen LogP contribution in [-0.4, -0.2) is 39.8 Å². The number of nitrogens with zero attached hydrogens (tertiary/aromatic N) is 3. The molecule has 0 amide bonds. The van der Waals surface area contributed by atoms with E-state index in [4.69, 9.17) is 0 Å². The molecule has 0 atom stereocenters. The molecule has 1 saturated carbocycles. The molecule has 3 aromatic rings. The second-order valence-electron chi connectivity index (χ2n) is 7.52. The van der Waals surface area contributed by atoms with Gasteiger partial charge in [-0.25, -0.2) is 17.7 Å². The van der Waals surface area contributed by atoms with E-state index in [1.165, 1.54) is 11.4 Å². The van der Waals surface area contributed by atoms with E-state index >= 15 is 0 Å². The lowest BCUT2D eigenvalue weighted by molar-refractivity contribution is -0.137. The summed E-state index contributed by atoms with van der Waals surface area (Å²) < 4.78 is 65.7. The highest BCUT2D eigenvalue weighted by Gasteiger charge is 2.33. The predicted octanol–water partition coefficient (Wildman–Crippen LogP) is 3.73. The van der Waals surface area contributed by atoms with Crippen molar-refractivity contribution in [1.29, 1.82) is 0 Å². The van der Waals surface area contributed by atoms with E-state index < -0.39 is 33.1 Å². The van der Waals surface area contributed by atoms with E-state index in [0.29, 0.717) is 23.7 Å². The zero-order valence-electron chi connectivity index (χ0n) is 16.8. The van der Waals surface area contributed by atoms with Crippen LogP contribution in [0, 0.1) is 0 Å². The number of aromatic carboxylic acids is 1. The molecule has 170 valence electrons. The molecular weight excluding hydrogens is 449 g/mol. The average Bonchev–Trinajstić information content (AvgIpc) is 3.51. The Morgan fingerprint density at radius 1 is 1.31 bits per heavy atom. The summed E-state index contributed by atoms with van der Waals surface area (Å²) in [7, 11) is -3.72. The van der Waals surface area contributed by atoms with Crippen molar-refractivity contribution >= 4 is 27.1 Å². The van der Waals surface area contributed by atoms with Crippen molar-refractivity contribution in [3.05, 3.63) is 53.0 Å². The molecule has 8 nitrogen and oxygen atoms in total. The van der Waals surface area contributed by atoms with Gasteiger partial charge in [0.2, 0.25) is 0 Å². The fraction of sp³-hybridized carbons (Fsp3) is 0.350. The van der Waals surface area contributed by atoms with Crippen LogP contribution in [0.3, 0.4) is 0 Å². The van der Waals surface area contributed by atoms with Crippen molar-refractivity contribution in [1.82, 2.24) is 14.6 Å². The highest BCUT2D eigenvalue weighted by Crippen LogP contribution is 2.40. The molecule has 3 heterocycles. The number of sulfone groups is 1. The van der Waals surface area contributed by atoms with Gasteiger partial charge in [0.15, 0.2) is 15.7 Å². The molecule has 0 spiro atoms. The fourth-order valence-corrected chi connectivity index (χ4v) is 4.59. The van der Waals surface area contributed by atoms with Crippen LogP contribution in [0.4, 0.5) is 19.0 Å². The van der Waals surface area contributed by atoms with Crippen molar-refractivity contribution in [2.75, 3.05) is 11.1 Å². The third-order valence-electron chi connectivity index (χ3n) is 5.30. The van der Waals surface area contributed by atoms with Gasteiger partial charge in [0, 0.05) is 12.4 Å². The monoisotopic (exact) mass is 468 g/mol. The van der Waals surface area contributed by atoms with Crippen molar-refractivity contribution in [3.8, 4) is 0 Å². The van der Waals surface area contributed by atoms with Gasteiger partial charge in [-0.2, -0.15) is 13.2 Å².